The average molecular weight is 316 g/mol. The summed E-state index contributed by atoms with van der Waals surface area (Å²) in [7, 11) is 2.85. The van der Waals surface area contributed by atoms with Crippen molar-refractivity contribution in [2.24, 2.45) is 0 Å². The van der Waals surface area contributed by atoms with E-state index in [9.17, 15) is 15.3 Å². The van der Waals surface area contributed by atoms with Gasteiger partial charge in [-0.15, -0.1) is 0 Å². The largest absolute Gasteiger partial charge is 0.504 e. The Kier molecular flexibility index (Phi) is 5.30. The molecule has 0 saturated carbocycles. The molecule has 4 atom stereocenters. The lowest BCUT2D eigenvalue weighted by Gasteiger charge is -2.36. The second kappa shape index (κ2) is 7.01. The van der Waals surface area contributed by atoms with Crippen LogP contribution in [0.1, 0.15) is 6.42 Å². The van der Waals surface area contributed by atoms with Gasteiger partial charge in [0.15, 0.2) is 11.5 Å². The Hall–Kier alpha value is -1.74. The summed E-state index contributed by atoms with van der Waals surface area (Å²) >= 11 is 0. The molecule has 1 aliphatic heterocycles. The van der Waals surface area contributed by atoms with Gasteiger partial charge in [-0.25, -0.2) is 0 Å². The fourth-order valence-corrected chi connectivity index (χ4v) is 2.22. The lowest BCUT2D eigenvalue weighted by Crippen LogP contribution is -2.51. The molecule has 1 aromatic carbocycles. The van der Waals surface area contributed by atoms with Gasteiger partial charge in [-0.05, 0) is 0 Å². The van der Waals surface area contributed by atoms with E-state index in [0.717, 1.165) is 0 Å². The molecule has 22 heavy (non-hydrogen) atoms. The lowest BCUT2D eigenvalue weighted by molar-refractivity contribution is -0.230. The van der Waals surface area contributed by atoms with E-state index in [4.69, 9.17) is 24.1 Å². The van der Waals surface area contributed by atoms with Gasteiger partial charge < -0.3 is 39.4 Å². The summed E-state index contributed by atoms with van der Waals surface area (Å²) in [6.45, 7) is -0.468. The molecule has 4 N–H and O–H groups in total. The highest BCUT2D eigenvalue weighted by Crippen LogP contribution is 2.41. The van der Waals surface area contributed by atoms with Crippen LogP contribution in [-0.4, -0.2) is 65.9 Å². The molecule has 0 radical (unpaired) electrons. The first-order valence-electron chi connectivity index (χ1n) is 6.74. The van der Waals surface area contributed by atoms with Crippen LogP contribution in [0.25, 0.3) is 0 Å². The number of phenols is 1. The predicted molar refractivity (Wildman–Crippen MR) is 74.2 cm³/mol. The maximum Gasteiger partial charge on any atom is 0.206 e. The van der Waals surface area contributed by atoms with Crippen molar-refractivity contribution < 1.29 is 39.4 Å². The third-order valence-electron chi connectivity index (χ3n) is 3.43. The zero-order chi connectivity index (χ0) is 16.3. The number of rotatable bonds is 5. The van der Waals surface area contributed by atoms with Crippen LogP contribution in [0.2, 0.25) is 0 Å². The van der Waals surface area contributed by atoms with Crippen LogP contribution in [0.3, 0.4) is 0 Å². The molecule has 8 heteroatoms. The van der Waals surface area contributed by atoms with Crippen LogP contribution in [0.4, 0.5) is 0 Å². The van der Waals surface area contributed by atoms with Crippen molar-refractivity contribution >= 4 is 0 Å². The van der Waals surface area contributed by atoms with Gasteiger partial charge in [0.1, 0.15) is 18.0 Å². The Morgan fingerprint density at radius 2 is 1.95 bits per heavy atom. The quantitative estimate of drug-likeness (QED) is 0.580. The smallest absolute Gasteiger partial charge is 0.206 e. The summed E-state index contributed by atoms with van der Waals surface area (Å²) in [5, 5.41) is 38.6. The SMILES string of the molecule is COc1cc(O)c(O[C@H]2C[C@@H](O)[C@H](O)[C@@H](CO)O2)c(OC)c1. The van der Waals surface area contributed by atoms with Crippen LogP contribution in [-0.2, 0) is 4.74 Å². The van der Waals surface area contributed by atoms with Gasteiger partial charge in [-0.2, -0.15) is 0 Å². The van der Waals surface area contributed by atoms with Crippen molar-refractivity contribution in [1.29, 1.82) is 0 Å². The molecule has 0 bridgehead atoms. The number of aliphatic hydroxyl groups is 3. The molecule has 0 unspecified atom stereocenters. The summed E-state index contributed by atoms with van der Waals surface area (Å²) in [6, 6.07) is 2.86. The van der Waals surface area contributed by atoms with Gasteiger partial charge in [-0.1, -0.05) is 0 Å². The zero-order valence-corrected chi connectivity index (χ0v) is 12.3. The molecule has 1 fully saturated rings. The van der Waals surface area contributed by atoms with E-state index in [1.54, 1.807) is 0 Å². The lowest BCUT2D eigenvalue weighted by atomic mass is 10.0. The first-order valence-corrected chi connectivity index (χ1v) is 6.74. The predicted octanol–water partition coefficient (Wildman–Crippen LogP) is -0.383. The number of benzene rings is 1. The normalized spacial score (nSPS) is 28.2. The third-order valence-corrected chi connectivity index (χ3v) is 3.43. The van der Waals surface area contributed by atoms with Crippen molar-refractivity contribution in [3.63, 3.8) is 0 Å². The standard InChI is InChI=1S/C14H20O8/c1-19-7-3-9(17)14(10(4-7)20-2)22-12-5-8(16)13(18)11(6-15)21-12/h3-4,8,11-13,15-18H,5-6H2,1-2H3/t8-,11-,12+,13+/m1/s1. The summed E-state index contributed by atoms with van der Waals surface area (Å²) in [5.74, 6) is 0.408. The molecule has 0 aliphatic carbocycles. The topological polar surface area (TPSA) is 118 Å². The first-order chi connectivity index (χ1) is 10.5. The van der Waals surface area contributed by atoms with Crippen LogP contribution in [0, 0.1) is 0 Å². The Balaban J connectivity index is 2.20. The molecule has 2 rings (SSSR count). The van der Waals surface area contributed by atoms with E-state index in [0.29, 0.717) is 5.75 Å². The van der Waals surface area contributed by atoms with Crippen molar-refractivity contribution in [2.75, 3.05) is 20.8 Å². The van der Waals surface area contributed by atoms with Gasteiger partial charge in [-0.3, -0.25) is 0 Å². The van der Waals surface area contributed by atoms with Crippen molar-refractivity contribution in [3.05, 3.63) is 12.1 Å². The summed E-state index contributed by atoms with van der Waals surface area (Å²) in [6.07, 6.45) is -4.26. The number of phenolic OH excluding ortho intramolecular Hbond substituents is 1. The van der Waals surface area contributed by atoms with Crippen LogP contribution in [0.5, 0.6) is 23.0 Å². The minimum atomic E-state index is -1.20. The molecule has 8 nitrogen and oxygen atoms in total. The average Bonchev–Trinajstić information content (AvgIpc) is 2.52. The van der Waals surface area contributed by atoms with Crippen LogP contribution >= 0.6 is 0 Å². The van der Waals surface area contributed by atoms with E-state index >= 15 is 0 Å². The van der Waals surface area contributed by atoms with E-state index < -0.39 is 31.2 Å². The van der Waals surface area contributed by atoms with Gasteiger partial charge in [0.05, 0.1) is 26.9 Å². The zero-order valence-electron chi connectivity index (χ0n) is 12.3. The minimum Gasteiger partial charge on any atom is -0.504 e. The second-order valence-corrected chi connectivity index (χ2v) is 4.88. The van der Waals surface area contributed by atoms with Crippen molar-refractivity contribution in [2.45, 2.75) is 31.0 Å². The van der Waals surface area contributed by atoms with Gasteiger partial charge in [0.25, 0.3) is 0 Å². The third kappa shape index (κ3) is 3.36. The van der Waals surface area contributed by atoms with E-state index in [1.807, 2.05) is 0 Å². The molecule has 1 heterocycles. The fraction of sp³-hybridized carbons (Fsp3) is 0.571. The maximum absolute atomic E-state index is 10.0. The maximum atomic E-state index is 10.0. The molecule has 1 aromatic rings. The highest BCUT2D eigenvalue weighted by molar-refractivity contribution is 5.55. The number of hydrogen-bond donors (Lipinski definition) is 4. The summed E-state index contributed by atoms with van der Waals surface area (Å²) in [4.78, 5) is 0. The molecule has 1 saturated heterocycles. The summed E-state index contributed by atoms with van der Waals surface area (Å²) in [5.41, 5.74) is 0. The Labute approximate surface area is 127 Å². The van der Waals surface area contributed by atoms with E-state index in [-0.39, 0.29) is 23.7 Å². The van der Waals surface area contributed by atoms with Crippen LogP contribution < -0.4 is 14.2 Å². The van der Waals surface area contributed by atoms with E-state index in [2.05, 4.69) is 0 Å². The van der Waals surface area contributed by atoms with E-state index in [1.165, 1.54) is 26.4 Å². The summed E-state index contributed by atoms with van der Waals surface area (Å²) < 4.78 is 21.0. The second-order valence-electron chi connectivity index (χ2n) is 4.88. The fourth-order valence-electron chi connectivity index (χ4n) is 2.22. The molecule has 0 aromatic heterocycles. The van der Waals surface area contributed by atoms with Crippen molar-refractivity contribution in [1.82, 2.24) is 0 Å². The highest BCUT2D eigenvalue weighted by atomic mass is 16.7. The molecular formula is C14H20O8. The highest BCUT2D eigenvalue weighted by Gasteiger charge is 2.38. The number of hydrogen-bond acceptors (Lipinski definition) is 8. The molecule has 0 spiro atoms. The molecule has 1 aliphatic rings. The van der Waals surface area contributed by atoms with Gasteiger partial charge in [0, 0.05) is 18.6 Å². The Morgan fingerprint density at radius 3 is 2.55 bits per heavy atom. The Morgan fingerprint density at radius 1 is 1.23 bits per heavy atom. The molecule has 0 amide bonds. The number of aromatic hydroxyl groups is 1. The van der Waals surface area contributed by atoms with Crippen LogP contribution in [0.15, 0.2) is 12.1 Å². The first kappa shape index (κ1) is 16.6. The number of ether oxygens (including phenoxy) is 4. The van der Waals surface area contributed by atoms with Gasteiger partial charge in [0.2, 0.25) is 12.0 Å². The van der Waals surface area contributed by atoms with Crippen molar-refractivity contribution in [3.8, 4) is 23.0 Å². The number of methoxy groups -OCH3 is 2. The van der Waals surface area contributed by atoms with Gasteiger partial charge >= 0.3 is 0 Å². The minimum absolute atomic E-state index is 0.0215. The monoisotopic (exact) mass is 316 g/mol. The Bertz CT molecular complexity index is 506. The number of aliphatic hydroxyl groups excluding tert-OH is 3. The molecular weight excluding hydrogens is 296 g/mol. The molecule has 124 valence electrons.